The molecule has 0 saturated carbocycles. The average molecular weight is 411 g/mol. The third-order valence-corrected chi connectivity index (χ3v) is 6.08. The molecule has 1 aromatic heterocycles. The summed E-state index contributed by atoms with van der Waals surface area (Å²) in [6.07, 6.45) is 5.79. The van der Waals surface area contributed by atoms with Crippen molar-refractivity contribution >= 4 is 33.2 Å². The van der Waals surface area contributed by atoms with E-state index < -0.39 is 9.84 Å². The van der Waals surface area contributed by atoms with Crippen molar-refractivity contribution in [1.82, 2.24) is 15.5 Å². The van der Waals surface area contributed by atoms with E-state index >= 15 is 0 Å². The number of sulfone groups is 1. The van der Waals surface area contributed by atoms with Gasteiger partial charge in [0.05, 0.1) is 4.90 Å². The van der Waals surface area contributed by atoms with Gasteiger partial charge in [-0.2, -0.15) is 5.10 Å². The van der Waals surface area contributed by atoms with Gasteiger partial charge in [-0.05, 0) is 43.5 Å². The number of H-pyrrole nitrogens is 1. The molecule has 2 aromatic rings. The highest BCUT2D eigenvalue weighted by molar-refractivity contribution is 7.90. The summed E-state index contributed by atoms with van der Waals surface area (Å²) < 4.78 is 21.8. The first-order chi connectivity index (χ1) is 12.7. The van der Waals surface area contributed by atoms with Crippen molar-refractivity contribution in [1.29, 1.82) is 0 Å². The number of aromatic amines is 1. The van der Waals surface area contributed by atoms with Crippen LogP contribution in [0, 0.1) is 0 Å². The molecule has 2 bridgehead atoms. The predicted octanol–water partition coefficient (Wildman–Crippen LogP) is 2.85. The van der Waals surface area contributed by atoms with Crippen LogP contribution in [0.1, 0.15) is 43.5 Å². The van der Waals surface area contributed by atoms with Crippen LogP contribution in [0.25, 0.3) is 0 Å². The van der Waals surface area contributed by atoms with Gasteiger partial charge in [-0.3, -0.25) is 9.89 Å². The molecule has 3 N–H and O–H groups in total. The number of rotatable bonds is 2. The Morgan fingerprint density at radius 3 is 2.59 bits per heavy atom. The molecule has 7 nitrogen and oxygen atoms in total. The maximum Gasteiger partial charge on any atom is 0.222 e. The van der Waals surface area contributed by atoms with E-state index in [1.165, 1.54) is 43.2 Å². The van der Waals surface area contributed by atoms with Gasteiger partial charge in [-0.15, -0.1) is 0 Å². The monoisotopic (exact) mass is 410 g/mol. The number of carbonyl (C=O) groups is 1. The van der Waals surface area contributed by atoms with Crippen LogP contribution < -0.4 is 10.6 Å². The van der Waals surface area contributed by atoms with E-state index in [2.05, 4.69) is 20.8 Å². The molecule has 4 rings (SSSR count). The number of carbonyl (C=O) groups excluding carboxylic acids is 1. The molecule has 1 aromatic carbocycles. The van der Waals surface area contributed by atoms with Crippen molar-refractivity contribution < 1.29 is 13.2 Å². The first-order valence-electron chi connectivity index (χ1n) is 8.80. The second-order valence-electron chi connectivity index (χ2n) is 6.92. The molecule has 3 heterocycles. The molecule has 2 atom stereocenters. The normalized spacial score (nSPS) is 20.9. The molecule has 2 aliphatic heterocycles. The number of hydrogen-bond acceptors (Lipinski definition) is 5. The Bertz CT molecular complexity index is 925. The first-order valence-corrected chi connectivity index (χ1v) is 11.1. The van der Waals surface area contributed by atoms with Gasteiger partial charge in [-0.25, -0.2) is 8.42 Å². The SMILES string of the molecule is CC(=O)Nc1n[nH]c2c1C1CCCC(C2)N1.CS(=O)(=O)c1ccc(Cl)cc1. The van der Waals surface area contributed by atoms with E-state index in [-0.39, 0.29) is 5.91 Å². The van der Waals surface area contributed by atoms with Gasteiger partial charge in [0, 0.05) is 48.0 Å². The molecule has 9 heteroatoms. The number of piperidine rings is 1. The van der Waals surface area contributed by atoms with Crippen LogP contribution in [0.5, 0.6) is 0 Å². The Balaban J connectivity index is 0.000000168. The minimum Gasteiger partial charge on any atom is -0.309 e. The van der Waals surface area contributed by atoms with Gasteiger partial charge in [-0.1, -0.05) is 11.6 Å². The van der Waals surface area contributed by atoms with Crippen LogP contribution in [-0.4, -0.2) is 36.8 Å². The number of amides is 1. The average Bonchev–Trinajstić information content (AvgIpc) is 2.97. The number of aromatic nitrogens is 2. The summed E-state index contributed by atoms with van der Waals surface area (Å²) in [6.45, 7) is 1.51. The van der Waals surface area contributed by atoms with Crippen LogP contribution in [0.4, 0.5) is 5.82 Å². The smallest absolute Gasteiger partial charge is 0.222 e. The zero-order valence-electron chi connectivity index (χ0n) is 15.3. The molecule has 1 amide bonds. The van der Waals surface area contributed by atoms with Crippen LogP contribution in [-0.2, 0) is 21.1 Å². The lowest BCUT2D eigenvalue weighted by atomic mass is 9.85. The summed E-state index contributed by atoms with van der Waals surface area (Å²) in [5, 5.41) is 14.2. The van der Waals surface area contributed by atoms with Crippen molar-refractivity contribution in [2.24, 2.45) is 0 Å². The highest BCUT2D eigenvalue weighted by atomic mass is 35.5. The Morgan fingerprint density at radius 1 is 1.26 bits per heavy atom. The summed E-state index contributed by atoms with van der Waals surface area (Å²) in [7, 11) is -3.08. The highest BCUT2D eigenvalue weighted by Crippen LogP contribution is 2.37. The second-order valence-corrected chi connectivity index (χ2v) is 9.38. The molecule has 146 valence electrons. The largest absolute Gasteiger partial charge is 0.309 e. The lowest BCUT2D eigenvalue weighted by molar-refractivity contribution is -0.114. The van der Waals surface area contributed by atoms with Crippen LogP contribution in [0.15, 0.2) is 29.2 Å². The van der Waals surface area contributed by atoms with Gasteiger partial charge in [0.15, 0.2) is 15.7 Å². The third-order valence-electron chi connectivity index (χ3n) is 4.70. The Labute approximate surface area is 163 Å². The maximum absolute atomic E-state index is 11.1. The van der Waals surface area contributed by atoms with Crippen molar-refractivity contribution in [3.05, 3.63) is 40.5 Å². The lowest BCUT2D eigenvalue weighted by Gasteiger charge is -2.35. The van der Waals surface area contributed by atoms with E-state index in [1.54, 1.807) is 12.1 Å². The lowest BCUT2D eigenvalue weighted by Crippen LogP contribution is -2.42. The number of fused-ring (bicyclic) bond motifs is 4. The van der Waals surface area contributed by atoms with Gasteiger partial charge >= 0.3 is 0 Å². The standard InChI is InChI=1S/C11H16N4O.C7H7ClO2S/c1-6(16)12-11-10-8-4-2-3-7(13-8)5-9(10)14-15-11;1-11(9,10)7-4-2-6(8)3-5-7/h7-8,13H,2-5H2,1H3,(H2,12,14,15,16);2-5H,1H3. The molecule has 2 unspecified atom stereocenters. The molecule has 0 aliphatic carbocycles. The number of hydrogen-bond donors (Lipinski definition) is 3. The van der Waals surface area contributed by atoms with Crippen LogP contribution in [0.3, 0.4) is 0 Å². The van der Waals surface area contributed by atoms with Gasteiger partial charge in [0.2, 0.25) is 5.91 Å². The molecule has 0 spiro atoms. The number of nitrogens with one attached hydrogen (secondary N) is 3. The van der Waals surface area contributed by atoms with Crippen molar-refractivity contribution in [2.45, 2.75) is 49.6 Å². The molecule has 0 radical (unpaired) electrons. The number of anilines is 1. The first kappa shape index (κ1) is 19.9. The van der Waals surface area contributed by atoms with Gasteiger partial charge < -0.3 is 10.6 Å². The minimum absolute atomic E-state index is 0.0627. The topological polar surface area (TPSA) is 104 Å². The van der Waals surface area contributed by atoms with E-state index in [4.69, 9.17) is 11.6 Å². The molecular weight excluding hydrogens is 388 g/mol. The molecular formula is C18H23ClN4O3S. The van der Waals surface area contributed by atoms with Crippen LogP contribution >= 0.6 is 11.6 Å². The molecule has 1 fully saturated rings. The van der Waals surface area contributed by atoms with E-state index in [1.807, 2.05) is 0 Å². The maximum atomic E-state index is 11.1. The third kappa shape index (κ3) is 4.88. The van der Waals surface area contributed by atoms with Crippen molar-refractivity contribution in [2.75, 3.05) is 11.6 Å². The predicted molar refractivity (Wildman–Crippen MR) is 105 cm³/mol. The Hall–Kier alpha value is -1.90. The van der Waals surface area contributed by atoms with E-state index in [0.717, 1.165) is 19.1 Å². The number of benzene rings is 1. The Morgan fingerprint density at radius 2 is 1.96 bits per heavy atom. The summed E-state index contributed by atoms with van der Waals surface area (Å²) in [5.41, 5.74) is 2.36. The minimum atomic E-state index is -3.08. The summed E-state index contributed by atoms with van der Waals surface area (Å²) >= 11 is 5.57. The summed E-state index contributed by atoms with van der Waals surface area (Å²) in [6, 6.07) is 7.02. The number of halogens is 1. The van der Waals surface area contributed by atoms with E-state index in [9.17, 15) is 13.2 Å². The quantitative estimate of drug-likeness (QED) is 0.706. The fourth-order valence-electron chi connectivity index (χ4n) is 3.52. The van der Waals surface area contributed by atoms with Crippen molar-refractivity contribution in [3.63, 3.8) is 0 Å². The molecule has 1 saturated heterocycles. The number of nitrogens with zero attached hydrogens (tertiary/aromatic N) is 1. The van der Waals surface area contributed by atoms with Gasteiger partial charge in [0.1, 0.15) is 0 Å². The van der Waals surface area contributed by atoms with Crippen LogP contribution in [0.2, 0.25) is 5.02 Å². The highest BCUT2D eigenvalue weighted by Gasteiger charge is 2.33. The van der Waals surface area contributed by atoms with Gasteiger partial charge in [0.25, 0.3) is 0 Å². The van der Waals surface area contributed by atoms with Crippen molar-refractivity contribution in [3.8, 4) is 0 Å². The summed E-state index contributed by atoms with van der Waals surface area (Å²) in [5.74, 6) is 0.646. The zero-order valence-corrected chi connectivity index (χ0v) is 16.8. The zero-order chi connectivity index (χ0) is 19.6. The molecule has 2 aliphatic rings. The fourth-order valence-corrected chi connectivity index (χ4v) is 4.27. The van der Waals surface area contributed by atoms with E-state index in [0.29, 0.717) is 27.8 Å². The second kappa shape index (κ2) is 8.00. The molecule has 27 heavy (non-hydrogen) atoms. The summed E-state index contributed by atoms with van der Waals surface area (Å²) in [4.78, 5) is 11.4. The Kier molecular flexibility index (Phi) is 5.88. The fraction of sp³-hybridized carbons (Fsp3) is 0.444.